The molecule has 0 atom stereocenters. The predicted molar refractivity (Wildman–Crippen MR) is 70.4 cm³/mol. The second-order valence-corrected chi connectivity index (χ2v) is 4.21. The minimum atomic E-state index is 0.906. The maximum absolute atomic E-state index is 4.55. The van der Waals surface area contributed by atoms with Gasteiger partial charge in [0.25, 0.3) is 0 Å². The Morgan fingerprint density at radius 2 is 2.00 bits per heavy atom. The van der Waals surface area contributed by atoms with Crippen LogP contribution < -0.4 is 4.90 Å². The zero-order chi connectivity index (χ0) is 11.9. The molecule has 0 N–H and O–H groups in total. The average molecular weight is 212 g/mol. The highest BCUT2D eigenvalue weighted by molar-refractivity contribution is 6.07. The van der Waals surface area contributed by atoms with Crippen molar-refractivity contribution in [2.24, 2.45) is 4.99 Å². The third-order valence-electron chi connectivity index (χ3n) is 2.73. The number of aliphatic imine (C=N–C) groups is 1. The number of anilines is 1. The summed E-state index contributed by atoms with van der Waals surface area (Å²) in [5.74, 6) is 0. The van der Waals surface area contributed by atoms with E-state index in [-0.39, 0.29) is 0 Å². The number of benzene rings is 1. The second kappa shape index (κ2) is 3.63. The number of fused-ring (bicyclic) bond motifs is 1. The van der Waals surface area contributed by atoms with Crippen molar-refractivity contribution in [3.05, 3.63) is 48.3 Å². The van der Waals surface area contributed by atoms with Gasteiger partial charge in [-0.25, -0.2) is 4.99 Å². The van der Waals surface area contributed by atoms with Crippen LogP contribution in [-0.2, 0) is 0 Å². The molecule has 0 saturated carbocycles. The third kappa shape index (κ3) is 1.56. The summed E-state index contributed by atoms with van der Waals surface area (Å²) >= 11 is 0. The molecule has 0 unspecified atom stereocenters. The topological polar surface area (TPSA) is 15.6 Å². The number of hydrogen-bond acceptors (Lipinski definition) is 2. The maximum atomic E-state index is 4.55. The molecule has 0 spiro atoms. The van der Waals surface area contributed by atoms with Gasteiger partial charge in [-0.2, -0.15) is 0 Å². The van der Waals surface area contributed by atoms with Crippen molar-refractivity contribution >= 4 is 17.1 Å². The number of hydrogen-bond donors (Lipinski definition) is 0. The zero-order valence-electron chi connectivity index (χ0n) is 10.0. The number of aryl methyl sites for hydroxylation is 1. The van der Waals surface area contributed by atoms with E-state index in [1.807, 2.05) is 13.8 Å². The van der Waals surface area contributed by atoms with Crippen LogP contribution in [0.4, 0.5) is 11.4 Å². The molecule has 0 aromatic heterocycles. The fraction of sp³-hybridized carbons (Fsp3) is 0.214. The van der Waals surface area contributed by atoms with E-state index in [0.717, 1.165) is 28.5 Å². The summed E-state index contributed by atoms with van der Waals surface area (Å²) in [6.45, 7) is 14.1. The Hall–Kier alpha value is -1.83. The van der Waals surface area contributed by atoms with Gasteiger partial charge in [-0.1, -0.05) is 19.2 Å². The first kappa shape index (κ1) is 10.7. The quantitative estimate of drug-likeness (QED) is 0.688. The van der Waals surface area contributed by atoms with Crippen molar-refractivity contribution in [2.75, 3.05) is 4.90 Å². The molecule has 1 aromatic carbocycles. The van der Waals surface area contributed by atoms with E-state index in [0.29, 0.717) is 0 Å². The summed E-state index contributed by atoms with van der Waals surface area (Å²) in [6, 6.07) is 6.24. The lowest BCUT2D eigenvalue weighted by Crippen LogP contribution is -2.26. The number of allylic oxidation sites excluding steroid dienone is 2. The Morgan fingerprint density at radius 1 is 1.31 bits per heavy atom. The highest BCUT2D eigenvalue weighted by atomic mass is 15.2. The van der Waals surface area contributed by atoms with Crippen LogP contribution in [0.15, 0.2) is 47.7 Å². The van der Waals surface area contributed by atoms with E-state index in [1.54, 1.807) is 0 Å². The lowest BCUT2D eigenvalue weighted by atomic mass is 10.1. The Morgan fingerprint density at radius 3 is 2.62 bits per heavy atom. The zero-order valence-corrected chi connectivity index (χ0v) is 10.0. The SMILES string of the molecule is C=C(C)N1C(=C)C(C)=Nc2cc(C)ccc21. The molecule has 0 bridgehead atoms. The highest BCUT2D eigenvalue weighted by Gasteiger charge is 2.21. The largest absolute Gasteiger partial charge is 0.312 e. The van der Waals surface area contributed by atoms with Crippen LogP contribution in [0.1, 0.15) is 19.4 Å². The lowest BCUT2D eigenvalue weighted by molar-refractivity contribution is 1.10. The summed E-state index contributed by atoms with van der Waals surface area (Å²) in [5, 5.41) is 0. The highest BCUT2D eigenvalue weighted by Crippen LogP contribution is 2.38. The molecule has 1 aliphatic rings. The Kier molecular flexibility index (Phi) is 2.43. The fourth-order valence-corrected chi connectivity index (χ4v) is 1.90. The van der Waals surface area contributed by atoms with Crippen LogP contribution >= 0.6 is 0 Å². The van der Waals surface area contributed by atoms with E-state index in [4.69, 9.17) is 0 Å². The van der Waals surface area contributed by atoms with E-state index < -0.39 is 0 Å². The molecule has 2 rings (SSSR count). The van der Waals surface area contributed by atoms with Gasteiger partial charge in [-0.05, 0) is 38.5 Å². The molecular weight excluding hydrogens is 196 g/mol. The fourth-order valence-electron chi connectivity index (χ4n) is 1.90. The summed E-state index contributed by atoms with van der Waals surface area (Å²) in [7, 11) is 0. The molecule has 0 saturated heterocycles. The van der Waals surface area contributed by atoms with Gasteiger partial charge in [0, 0.05) is 5.70 Å². The van der Waals surface area contributed by atoms with Gasteiger partial charge in [0.1, 0.15) is 0 Å². The molecule has 1 aliphatic heterocycles. The third-order valence-corrected chi connectivity index (χ3v) is 2.73. The van der Waals surface area contributed by atoms with E-state index in [9.17, 15) is 0 Å². The minimum Gasteiger partial charge on any atom is -0.312 e. The van der Waals surface area contributed by atoms with Crippen LogP contribution in [0.5, 0.6) is 0 Å². The van der Waals surface area contributed by atoms with Crippen LogP contribution in [0.25, 0.3) is 0 Å². The van der Waals surface area contributed by atoms with Crippen LogP contribution in [0.2, 0.25) is 0 Å². The lowest BCUT2D eigenvalue weighted by Gasteiger charge is -2.31. The van der Waals surface area contributed by atoms with Crippen molar-refractivity contribution in [1.29, 1.82) is 0 Å². The summed E-state index contributed by atoms with van der Waals surface area (Å²) in [4.78, 5) is 6.61. The van der Waals surface area contributed by atoms with Crippen LogP contribution in [-0.4, -0.2) is 5.71 Å². The minimum absolute atomic E-state index is 0.906. The molecule has 1 aromatic rings. The Bertz CT molecular complexity index is 509. The van der Waals surface area contributed by atoms with Gasteiger partial charge >= 0.3 is 0 Å². The molecule has 0 amide bonds. The molecular formula is C14H16N2. The standard InChI is InChI=1S/C14H16N2/c1-9(2)16-12(5)11(4)15-13-8-10(3)6-7-14(13)16/h6-8H,1,5H2,2-4H3. The second-order valence-electron chi connectivity index (χ2n) is 4.21. The molecule has 16 heavy (non-hydrogen) atoms. The Balaban J connectivity index is 2.66. The first-order valence-corrected chi connectivity index (χ1v) is 5.31. The van der Waals surface area contributed by atoms with Gasteiger partial charge in [-0.15, -0.1) is 0 Å². The molecule has 82 valence electrons. The van der Waals surface area contributed by atoms with Gasteiger partial charge in [0.2, 0.25) is 0 Å². The normalized spacial score (nSPS) is 14.6. The summed E-state index contributed by atoms with van der Waals surface area (Å²) < 4.78 is 0. The van der Waals surface area contributed by atoms with Crippen molar-refractivity contribution in [2.45, 2.75) is 20.8 Å². The number of rotatable bonds is 1. The first-order chi connectivity index (χ1) is 7.50. The van der Waals surface area contributed by atoms with Crippen LogP contribution in [0.3, 0.4) is 0 Å². The van der Waals surface area contributed by atoms with Gasteiger partial charge in [0.05, 0.1) is 22.8 Å². The smallest absolute Gasteiger partial charge is 0.0876 e. The van der Waals surface area contributed by atoms with Gasteiger partial charge in [0.15, 0.2) is 0 Å². The first-order valence-electron chi connectivity index (χ1n) is 5.31. The van der Waals surface area contributed by atoms with E-state index >= 15 is 0 Å². The van der Waals surface area contributed by atoms with E-state index in [2.05, 4.69) is 48.2 Å². The van der Waals surface area contributed by atoms with Crippen molar-refractivity contribution < 1.29 is 0 Å². The molecule has 0 aliphatic carbocycles. The van der Waals surface area contributed by atoms with Crippen LogP contribution in [0, 0.1) is 6.92 Å². The number of nitrogens with zero attached hydrogens (tertiary/aromatic N) is 2. The van der Waals surface area contributed by atoms with Gasteiger partial charge in [-0.3, -0.25) is 0 Å². The molecule has 1 heterocycles. The molecule has 0 fully saturated rings. The molecule has 2 heteroatoms. The van der Waals surface area contributed by atoms with Crippen molar-refractivity contribution in [1.82, 2.24) is 0 Å². The molecule has 0 radical (unpaired) electrons. The average Bonchev–Trinajstić information content (AvgIpc) is 2.19. The van der Waals surface area contributed by atoms with E-state index in [1.165, 1.54) is 5.56 Å². The summed E-state index contributed by atoms with van der Waals surface area (Å²) in [6.07, 6.45) is 0. The Labute approximate surface area is 96.6 Å². The maximum Gasteiger partial charge on any atom is 0.0876 e. The van der Waals surface area contributed by atoms with Crippen molar-refractivity contribution in [3.63, 3.8) is 0 Å². The van der Waals surface area contributed by atoms with Gasteiger partial charge < -0.3 is 4.90 Å². The monoisotopic (exact) mass is 212 g/mol. The summed E-state index contributed by atoms with van der Waals surface area (Å²) in [5.41, 5.74) is 6.08. The van der Waals surface area contributed by atoms with Crippen molar-refractivity contribution in [3.8, 4) is 0 Å². The predicted octanol–water partition coefficient (Wildman–Crippen LogP) is 3.95. The molecule has 2 nitrogen and oxygen atoms in total.